The zero-order chi connectivity index (χ0) is 25.9. The number of carbonyl (C=O) groups excluding carboxylic acids is 1. The second-order valence-corrected chi connectivity index (χ2v) is 11.4. The van der Waals surface area contributed by atoms with Crippen molar-refractivity contribution in [3.05, 3.63) is 83.4 Å². The molecule has 1 atom stereocenters. The number of benzene rings is 3. The van der Waals surface area contributed by atoms with Crippen molar-refractivity contribution >= 4 is 34.1 Å². The van der Waals surface area contributed by atoms with Crippen molar-refractivity contribution in [2.24, 2.45) is 0 Å². The van der Waals surface area contributed by atoms with E-state index in [4.69, 9.17) is 0 Å². The van der Waals surface area contributed by atoms with Gasteiger partial charge in [0.15, 0.2) is 11.0 Å². The molecule has 2 heterocycles. The number of anilines is 3. The highest BCUT2D eigenvalue weighted by Gasteiger charge is 2.27. The van der Waals surface area contributed by atoms with Gasteiger partial charge in [-0.3, -0.25) is 4.31 Å². The van der Waals surface area contributed by atoms with Crippen LogP contribution in [0.2, 0.25) is 0 Å². The summed E-state index contributed by atoms with van der Waals surface area (Å²) in [4.78, 5) is 20.6. The molecule has 5 rings (SSSR count). The summed E-state index contributed by atoms with van der Waals surface area (Å²) < 4.78 is 14.7. The fourth-order valence-corrected chi connectivity index (χ4v) is 6.10. The van der Waals surface area contributed by atoms with E-state index in [0.29, 0.717) is 23.7 Å². The standard InChI is InChI=1S/C29H35N5O2S/c1-22-9-14-28(33-19-17-31(2)18-20-33)27-21-34(16-15-26(22)27)29(35)30-23-10-12-25(13-11-23)37(36)32(3)24-7-5-4-6-8-24/h4-14H,15-21H2,1-3H3,(H,30,35). The third-order valence-electron chi connectivity index (χ3n) is 7.43. The van der Waals surface area contributed by atoms with E-state index in [1.807, 2.05) is 66.5 Å². The molecule has 3 aromatic rings. The van der Waals surface area contributed by atoms with E-state index in [1.54, 1.807) is 4.31 Å². The average molecular weight is 518 g/mol. The first-order chi connectivity index (χ1) is 17.9. The maximum atomic E-state index is 13.2. The second kappa shape index (κ2) is 10.9. The Balaban J connectivity index is 1.26. The SMILES string of the molecule is Cc1ccc(N2CCN(C)CC2)c2c1CCN(C(=O)Nc1ccc(S(=O)N(C)c3ccccc3)cc1)C2. The Morgan fingerprint density at radius 2 is 1.59 bits per heavy atom. The molecule has 7 nitrogen and oxygen atoms in total. The number of carbonyl (C=O) groups is 1. The molecule has 0 bridgehead atoms. The minimum absolute atomic E-state index is 0.105. The number of piperazine rings is 1. The molecule has 1 N–H and O–H groups in total. The van der Waals surface area contributed by atoms with Crippen LogP contribution in [0.3, 0.4) is 0 Å². The normalized spacial score (nSPS) is 16.7. The van der Waals surface area contributed by atoms with Crippen molar-refractivity contribution < 1.29 is 9.00 Å². The minimum Gasteiger partial charge on any atom is -0.369 e. The van der Waals surface area contributed by atoms with E-state index in [1.165, 1.54) is 22.4 Å². The number of para-hydroxylation sites is 1. The lowest BCUT2D eigenvalue weighted by Gasteiger charge is -2.38. The van der Waals surface area contributed by atoms with Crippen molar-refractivity contribution in [2.45, 2.75) is 24.8 Å². The van der Waals surface area contributed by atoms with Crippen molar-refractivity contribution in [1.29, 1.82) is 0 Å². The van der Waals surface area contributed by atoms with Crippen LogP contribution >= 0.6 is 0 Å². The molecule has 2 aliphatic rings. The minimum atomic E-state index is -1.34. The molecule has 2 aliphatic heterocycles. The van der Waals surface area contributed by atoms with Gasteiger partial charge in [0.05, 0.1) is 4.90 Å². The lowest BCUT2D eigenvalue weighted by molar-refractivity contribution is 0.206. The van der Waals surface area contributed by atoms with E-state index in [2.05, 4.69) is 41.2 Å². The van der Waals surface area contributed by atoms with Crippen molar-refractivity contribution in [3.63, 3.8) is 0 Å². The van der Waals surface area contributed by atoms with E-state index in [9.17, 15) is 9.00 Å². The largest absolute Gasteiger partial charge is 0.369 e. The Morgan fingerprint density at radius 3 is 2.30 bits per heavy atom. The zero-order valence-electron chi connectivity index (χ0n) is 21.8. The average Bonchev–Trinajstić information content (AvgIpc) is 2.94. The van der Waals surface area contributed by atoms with E-state index >= 15 is 0 Å². The first-order valence-electron chi connectivity index (χ1n) is 12.8. The van der Waals surface area contributed by atoms with Gasteiger partial charge in [-0.1, -0.05) is 24.3 Å². The smallest absolute Gasteiger partial charge is 0.322 e. The number of urea groups is 1. The zero-order valence-corrected chi connectivity index (χ0v) is 22.6. The van der Waals surface area contributed by atoms with Crippen LogP contribution < -0.4 is 14.5 Å². The van der Waals surface area contributed by atoms with Gasteiger partial charge < -0.3 is 20.0 Å². The Labute approximate surface area is 222 Å². The van der Waals surface area contributed by atoms with Gasteiger partial charge in [-0.25, -0.2) is 9.00 Å². The number of amides is 2. The Bertz CT molecular complexity index is 1270. The second-order valence-electron chi connectivity index (χ2n) is 9.86. The van der Waals surface area contributed by atoms with Crippen LogP contribution in [0, 0.1) is 6.92 Å². The first kappa shape index (κ1) is 25.3. The third kappa shape index (κ3) is 5.50. The number of hydrogen-bond acceptors (Lipinski definition) is 4. The Hall–Kier alpha value is -3.36. The number of aryl methyl sites for hydroxylation is 1. The summed E-state index contributed by atoms with van der Waals surface area (Å²) in [5, 5.41) is 3.04. The van der Waals surface area contributed by atoms with Crippen LogP contribution in [-0.4, -0.2) is 66.9 Å². The van der Waals surface area contributed by atoms with E-state index in [-0.39, 0.29) is 6.03 Å². The fraction of sp³-hybridized carbons (Fsp3) is 0.345. The molecule has 0 saturated carbocycles. The van der Waals surface area contributed by atoms with Gasteiger partial charge in [-0.2, -0.15) is 0 Å². The molecule has 1 unspecified atom stereocenters. The fourth-order valence-electron chi connectivity index (χ4n) is 5.10. The van der Waals surface area contributed by atoms with Crippen LogP contribution in [0.4, 0.5) is 21.9 Å². The molecule has 3 aromatic carbocycles. The van der Waals surface area contributed by atoms with Crippen LogP contribution in [0.15, 0.2) is 71.6 Å². The van der Waals surface area contributed by atoms with Crippen molar-refractivity contribution in [2.75, 3.05) is 61.3 Å². The Morgan fingerprint density at radius 1 is 0.892 bits per heavy atom. The summed E-state index contributed by atoms with van der Waals surface area (Å²) in [6.07, 6.45) is 0.861. The monoisotopic (exact) mass is 517 g/mol. The molecular formula is C29H35N5O2S. The number of nitrogens with one attached hydrogen (secondary N) is 1. The summed E-state index contributed by atoms with van der Waals surface area (Å²) in [7, 11) is 2.64. The van der Waals surface area contributed by atoms with Crippen molar-refractivity contribution in [3.8, 4) is 0 Å². The highest BCUT2D eigenvalue weighted by molar-refractivity contribution is 7.86. The molecule has 0 aromatic heterocycles. The third-order valence-corrected chi connectivity index (χ3v) is 8.81. The maximum Gasteiger partial charge on any atom is 0.322 e. The predicted octanol–water partition coefficient (Wildman–Crippen LogP) is 4.50. The van der Waals surface area contributed by atoms with Gasteiger partial charge in [0.25, 0.3) is 0 Å². The highest BCUT2D eigenvalue weighted by atomic mass is 32.2. The van der Waals surface area contributed by atoms with E-state index < -0.39 is 11.0 Å². The highest BCUT2D eigenvalue weighted by Crippen LogP contribution is 2.32. The van der Waals surface area contributed by atoms with Crippen LogP contribution in [0.25, 0.3) is 0 Å². The first-order valence-corrected chi connectivity index (χ1v) is 13.9. The number of likely N-dealkylation sites (N-methyl/N-ethyl adjacent to an activating group) is 1. The molecule has 8 heteroatoms. The number of hydrogen-bond donors (Lipinski definition) is 1. The lowest BCUT2D eigenvalue weighted by Crippen LogP contribution is -2.46. The van der Waals surface area contributed by atoms with Gasteiger partial charge in [0.1, 0.15) is 0 Å². The molecule has 194 valence electrons. The van der Waals surface area contributed by atoms with Gasteiger partial charge in [-0.15, -0.1) is 0 Å². The summed E-state index contributed by atoms with van der Waals surface area (Å²) in [6, 6.07) is 21.3. The summed E-state index contributed by atoms with van der Waals surface area (Å²) >= 11 is 0. The molecule has 1 fully saturated rings. The topological polar surface area (TPSA) is 59.1 Å². The summed E-state index contributed by atoms with van der Waals surface area (Å²) in [6.45, 7) is 7.58. The van der Waals surface area contributed by atoms with Gasteiger partial charge in [-0.05, 0) is 79.5 Å². The molecular weight excluding hydrogens is 482 g/mol. The van der Waals surface area contributed by atoms with Gasteiger partial charge in [0.2, 0.25) is 0 Å². The van der Waals surface area contributed by atoms with Gasteiger partial charge >= 0.3 is 6.03 Å². The quantitative estimate of drug-likeness (QED) is 0.542. The van der Waals surface area contributed by atoms with Crippen LogP contribution in [0.1, 0.15) is 16.7 Å². The maximum absolute atomic E-state index is 13.2. The van der Waals surface area contributed by atoms with Crippen molar-refractivity contribution in [1.82, 2.24) is 9.80 Å². The molecule has 2 amide bonds. The van der Waals surface area contributed by atoms with Gasteiger partial charge in [0, 0.05) is 63.4 Å². The van der Waals surface area contributed by atoms with Crippen LogP contribution in [-0.2, 0) is 24.0 Å². The molecule has 0 aliphatic carbocycles. The lowest BCUT2D eigenvalue weighted by atomic mass is 9.93. The van der Waals surface area contributed by atoms with E-state index in [0.717, 1.165) is 38.3 Å². The summed E-state index contributed by atoms with van der Waals surface area (Å²) in [5.41, 5.74) is 6.81. The molecule has 1 saturated heterocycles. The molecule has 37 heavy (non-hydrogen) atoms. The number of rotatable bonds is 5. The number of nitrogens with zero attached hydrogens (tertiary/aromatic N) is 4. The summed E-state index contributed by atoms with van der Waals surface area (Å²) in [5.74, 6) is 0. The molecule has 0 spiro atoms. The van der Waals surface area contributed by atoms with Crippen LogP contribution in [0.5, 0.6) is 0 Å². The predicted molar refractivity (Wildman–Crippen MR) is 152 cm³/mol. The molecule has 0 radical (unpaired) electrons. The number of fused-ring (bicyclic) bond motifs is 1. The Kier molecular flexibility index (Phi) is 7.48.